The van der Waals surface area contributed by atoms with Crippen LogP contribution in [-0.4, -0.2) is 68.7 Å². The van der Waals surface area contributed by atoms with Gasteiger partial charge in [0, 0.05) is 30.0 Å². The summed E-state index contributed by atoms with van der Waals surface area (Å²) < 4.78 is 17.6. The van der Waals surface area contributed by atoms with Gasteiger partial charge in [-0.25, -0.2) is 0 Å². The zero-order valence-corrected chi connectivity index (χ0v) is 19.8. The molecule has 5 heterocycles. The smallest absolute Gasteiger partial charge is 0.229 e. The lowest BCUT2D eigenvalue weighted by atomic mass is 9.53. The van der Waals surface area contributed by atoms with Crippen molar-refractivity contribution in [3.63, 3.8) is 0 Å². The number of fused-ring (bicyclic) bond motifs is 2. The van der Waals surface area contributed by atoms with Crippen LogP contribution >= 0.6 is 0 Å². The van der Waals surface area contributed by atoms with Gasteiger partial charge in [0.05, 0.1) is 45.1 Å². The van der Waals surface area contributed by atoms with Gasteiger partial charge in [-0.15, -0.1) is 0 Å². The molecule has 0 unspecified atom stereocenters. The lowest BCUT2D eigenvalue weighted by Crippen LogP contribution is -2.69. The number of methoxy groups -OCH3 is 2. The molecule has 1 aliphatic carbocycles. The van der Waals surface area contributed by atoms with Gasteiger partial charge in [-0.1, -0.05) is 11.6 Å². The first-order chi connectivity index (χ1) is 15.9. The molecule has 1 aromatic rings. The summed E-state index contributed by atoms with van der Waals surface area (Å²) in [7, 11) is 3.36. The van der Waals surface area contributed by atoms with E-state index in [1.807, 2.05) is 6.07 Å². The highest BCUT2D eigenvalue weighted by atomic mass is 16.5. The van der Waals surface area contributed by atoms with Crippen LogP contribution in [0.4, 0.5) is 5.69 Å². The number of hydrogen-bond acceptors (Lipinski definition) is 6. The van der Waals surface area contributed by atoms with Crippen LogP contribution < -0.4 is 14.4 Å². The summed E-state index contributed by atoms with van der Waals surface area (Å²) in [5, 5.41) is 0. The first kappa shape index (κ1) is 21.2. The number of piperidine rings is 2. The first-order valence-electron chi connectivity index (χ1n) is 12.0. The zero-order chi connectivity index (χ0) is 23.1. The van der Waals surface area contributed by atoms with Crippen molar-refractivity contribution in [2.45, 2.75) is 56.7 Å². The van der Waals surface area contributed by atoms with Crippen molar-refractivity contribution >= 4 is 17.4 Å². The summed E-state index contributed by atoms with van der Waals surface area (Å²) in [6, 6.07) is 4.87. The number of ether oxygens (including phenoxy) is 3. The van der Waals surface area contributed by atoms with E-state index in [0.29, 0.717) is 36.7 Å². The second-order valence-electron chi connectivity index (χ2n) is 10.4. The van der Waals surface area contributed by atoms with Crippen LogP contribution in [0, 0.1) is 11.8 Å². The first-order valence-corrected chi connectivity index (χ1v) is 12.0. The van der Waals surface area contributed by atoms with Gasteiger partial charge in [-0.3, -0.25) is 9.69 Å². The number of Topliss-reactive ketones (excluding diaryl/α,β-unsaturated/α-hetero) is 1. The van der Waals surface area contributed by atoms with Crippen LogP contribution in [0.5, 0.6) is 11.5 Å². The van der Waals surface area contributed by atoms with Crippen molar-refractivity contribution in [3.8, 4) is 11.5 Å². The maximum absolute atomic E-state index is 13.5. The van der Waals surface area contributed by atoms with Gasteiger partial charge < -0.3 is 23.9 Å². The molecular formula is C26H32N2O5. The summed E-state index contributed by atoms with van der Waals surface area (Å²) in [5.74, 6) is 2.74. The molecule has 4 fully saturated rings. The van der Waals surface area contributed by atoms with Crippen molar-refractivity contribution in [1.29, 1.82) is 0 Å². The highest BCUT2D eigenvalue weighted by Crippen LogP contribution is 2.66. The number of amides is 1. The third-order valence-electron chi connectivity index (χ3n) is 8.81. The summed E-state index contributed by atoms with van der Waals surface area (Å²) >= 11 is 0. The van der Waals surface area contributed by atoms with E-state index in [1.165, 1.54) is 25.8 Å². The van der Waals surface area contributed by atoms with Crippen molar-refractivity contribution in [3.05, 3.63) is 29.3 Å². The molecule has 6 atom stereocenters. The van der Waals surface area contributed by atoms with E-state index in [2.05, 4.69) is 21.9 Å². The molecule has 7 nitrogen and oxygen atoms in total. The van der Waals surface area contributed by atoms with Gasteiger partial charge in [0.1, 0.15) is 5.78 Å². The number of anilines is 1. The topological polar surface area (TPSA) is 68.3 Å². The molecule has 1 saturated carbocycles. The van der Waals surface area contributed by atoms with Crippen LogP contribution in [0.15, 0.2) is 23.8 Å². The zero-order valence-electron chi connectivity index (χ0n) is 19.8. The standard InChI is InChI=1S/C23H26N2O4.C3H6O/c1-27-16-8-14-15(9-17(16)28-2)25-20(26)10-18-21-13-7-19-23(14,22(21)25)4-5-24(19)11-12(13)3-6-29-18;1-3(2)4/h3,8-9,13,18-19,21-22H,4-7,10-11H2,1-2H3;1-2H3/t13-,18-,19-,21-,22-,23+;/m0./s1. The van der Waals surface area contributed by atoms with Crippen molar-refractivity contribution in [2.75, 3.05) is 38.8 Å². The summed E-state index contributed by atoms with van der Waals surface area (Å²) in [4.78, 5) is 27.7. The minimum Gasteiger partial charge on any atom is -0.493 e. The van der Waals surface area contributed by atoms with Gasteiger partial charge in [-0.2, -0.15) is 0 Å². The summed E-state index contributed by atoms with van der Waals surface area (Å²) in [6.07, 6.45) is 5.11. The van der Waals surface area contributed by atoms with E-state index >= 15 is 0 Å². The molecular weight excluding hydrogens is 420 g/mol. The monoisotopic (exact) mass is 452 g/mol. The van der Waals surface area contributed by atoms with Crippen molar-refractivity contribution in [1.82, 2.24) is 4.90 Å². The van der Waals surface area contributed by atoms with Gasteiger partial charge in [0.25, 0.3) is 0 Å². The van der Waals surface area contributed by atoms with E-state index in [0.717, 1.165) is 30.9 Å². The molecule has 33 heavy (non-hydrogen) atoms. The molecule has 1 aromatic carbocycles. The Labute approximate surface area is 194 Å². The van der Waals surface area contributed by atoms with Crippen LogP contribution in [0.25, 0.3) is 0 Å². The number of carbonyl (C=O) groups excluding carboxylic acids is 2. The minimum atomic E-state index is -0.0242. The number of ketones is 1. The third-order valence-corrected chi connectivity index (χ3v) is 8.81. The van der Waals surface area contributed by atoms with Crippen molar-refractivity contribution < 1.29 is 23.8 Å². The Kier molecular flexibility index (Phi) is 4.69. The van der Waals surface area contributed by atoms with E-state index < -0.39 is 0 Å². The molecule has 7 heteroatoms. The number of nitrogens with zero attached hydrogens (tertiary/aromatic N) is 2. The molecule has 7 rings (SSSR count). The lowest BCUT2D eigenvalue weighted by molar-refractivity contribution is -0.132. The van der Waals surface area contributed by atoms with Crippen LogP contribution in [0.3, 0.4) is 0 Å². The highest BCUT2D eigenvalue weighted by Gasteiger charge is 2.71. The average Bonchev–Trinajstić information content (AvgIpc) is 3.25. The molecule has 6 aliphatic rings. The normalized spacial score (nSPS) is 36.8. The largest absolute Gasteiger partial charge is 0.493 e. The van der Waals surface area contributed by atoms with Crippen LogP contribution in [-0.2, 0) is 19.7 Å². The third kappa shape index (κ3) is 2.69. The summed E-state index contributed by atoms with van der Waals surface area (Å²) in [5.41, 5.74) is 3.85. The fourth-order valence-electron chi connectivity index (χ4n) is 7.87. The quantitative estimate of drug-likeness (QED) is 0.643. The number of benzene rings is 1. The molecule has 176 valence electrons. The highest BCUT2D eigenvalue weighted by molar-refractivity contribution is 5.99. The van der Waals surface area contributed by atoms with E-state index in [-0.39, 0.29) is 29.3 Å². The Bertz CT molecular complexity index is 1060. The maximum Gasteiger partial charge on any atom is 0.229 e. The maximum atomic E-state index is 13.5. The predicted molar refractivity (Wildman–Crippen MR) is 123 cm³/mol. The number of rotatable bonds is 2. The van der Waals surface area contributed by atoms with Gasteiger partial charge >= 0.3 is 0 Å². The Morgan fingerprint density at radius 2 is 1.91 bits per heavy atom. The predicted octanol–water partition coefficient (Wildman–Crippen LogP) is 2.71. The van der Waals surface area contributed by atoms with Crippen LogP contribution in [0.2, 0.25) is 0 Å². The molecule has 1 spiro atoms. The van der Waals surface area contributed by atoms with Crippen LogP contribution in [0.1, 0.15) is 38.7 Å². The Morgan fingerprint density at radius 1 is 1.18 bits per heavy atom. The Morgan fingerprint density at radius 3 is 2.64 bits per heavy atom. The molecule has 0 aromatic heterocycles. The van der Waals surface area contributed by atoms with Gasteiger partial charge in [0.15, 0.2) is 11.5 Å². The fourth-order valence-corrected chi connectivity index (χ4v) is 7.87. The molecule has 2 bridgehead atoms. The van der Waals surface area contributed by atoms with Crippen molar-refractivity contribution in [2.24, 2.45) is 11.8 Å². The molecule has 3 saturated heterocycles. The average molecular weight is 453 g/mol. The van der Waals surface area contributed by atoms with E-state index in [9.17, 15) is 9.59 Å². The number of carbonyl (C=O) groups is 2. The fraction of sp³-hybridized carbons (Fsp3) is 0.615. The summed E-state index contributed by atoms with van der Waals surface area (Å²) in [6.45, 7) is 5.86. The molecule has 0 N–H and O–H groups in total. The Hall–Kier alpha value is -2.38. The van der Waals surface area contributed by atoms with E-state index in [1.54, 1.807) is 19.8 Å². The minimum absolute atomic E-state index is 0.0242. The Balaban J connectivity index is 0.000000481. The molecule has 0 radical (unpaired) electrons. The molecule has 1 amide bonds. The lowest BCUT2D eigenvalue weighted by Gasteiger charge is -2.58. The second-order valence-corrected chi connectivity index (χ2v) is 10.4. The molecule has 5 aliphatic heterocycles. The SMILES string of the molecule is CC(C)=O.COc1cc2c(cc1OC)[C@@]13CCN4CC5=CCO[C@H]6CC(=O)N2[C@H]1[C@H]6[C@H]5C[C@H]43. The number of hydrogen-bond donors (Lipinski definition) is 0. The second kappa shape index (κ2) is 7.31. The van der Waals surface area contributed by atoms with E-state index in [4.69, 9.17) is 14.2 Å². The van der Waals surface area contributed by atoms with Gasteiger partial charge in [-0.05, 0) is 50.8 Å². The van der Waals surface area contributed by atoms with Gasteiger partial charge in [0.2, 0.25) is 5.91 Å².